The van der Waals surface area contributed by atoms with Crippen LogP contribution in [0.15, 0.2) is 42.5 Å². The molecule has 2 aromatic rings. The molecule has 1 unspecified atom stereocenters. The second kappa shape index (κ2) is 6.64. The largest absolute Gasteiger partial charge is 0.508 e. The molecule has 0 aliphatic rings. The van der Waals surface area contributed by atoms with Crippen molar-refractivity contribution in [1.29, 1.82) is 0 Å². The lowest BCUT2D eigenvalue weighted by Gasteiger charge is -2.22. The first-order valence-electron chi connectivity index (χ1n) is 7.20. The normalized spacial score (nSPS) is 13.7. The number of aryl methyl sites for hydroxylation is 1. The van der Waals surface area contributed by atoms with Gasteiger partial charge in [0.1, 0.15) is 11.5 Å². The molecule has 0 saturated heterocycles. The Morgan fingerprint density at radius 2 is 1.67 bits per heavy atom. The number of ether oxygens (including phenoxy) is 1. The van der Waals surface area contributed by atoms with Crippen LogP contribution in [0, 0.1) is 6.92 Å². The summed E-state index contributed by atoms with van der Waals surface area (Å²) in [6, 6.07) is 14.0. The summed E-state index contributed by atoms with van der Waals surface area (Å²) in [5, 5.41) is 13.5. The molecular weight excluding hydrogens is 262 g/mol. The van der Waals surface area contributed by atoms with E-state index in [1.54, 1.807) is 19.2 Å². The van der Waals surface area contributed by atoms with Crippen LogP contribution in [0.2, 0.25) is 0 Å². The monoisotopic (exact) mass is 285 g/mol. The van der Waals surface area contributed by atoms with Crippen molar-refractivity contribution >= 4 is 0 Å². The van der Waals surface area contributed by atoms with Gasteiger partial charge in [-0.2, -0.15) is 0 Å². The Bertz CT molecular complexity index is 593. The molecule has 0 aliphatic heterocycles. The van der Waals surface area contributed by atoms with Gasteiger partial charge in [0, 0.05) is 17.6 Å². The van der Waals surface area contributed by atoms with E-state index >= 15 is 0 Å². The predicted octanol–water partition coefficient (Wildman–Crippen LogP) is 4.12. The van der Waals surface area contributed by atoms with Gasteiger partial charge in [0.2, 0.25) is 0 Å². The highest BCUT2D eigenvalue weighted by Crippen LogP contribution is 2.29. The van der Waals surface area contributed by atoms with Crippen LogP contribution in [0.1, 0.15) is 42.6 Å². The Hall–Kier alpha value is -2.00. The van der Waals surface area contributed by atoms with Gasteiger partial charge in [-0.15, -0.1) is 0 Å². The fraction of sp³-hybridized carbons (Fsp3) is 0.333. The third-order valence-corrected chi connectivity index (χ3v) is 3.78. The maximum atomic E-state index is 10.0. The Morgan fingerprint density at radius 3 is 2.29 bits per heavy atom. The van der Waals surface area contributed by atoms with Crippen molar-refractivity contribution in [3.05, 3.63) is 59.2 Å². The van der Waals surface area contributed by atoms with E-state index in [-0.39, 0.29) is 17.8 Å². The number of aromatic hydroxyl groups is 1. The van der Waals surface area contributed by atoms with Gasteiger partial charge >= 0.3 is 0 Å². The maximum absolute atomic E-state index is 10.0. The lowest BCUT2D eigenvalue weighted by Crippen LogP contribution is -2.22. The van der Waals surface area contributed by atoms with E-state index in [1.165, 1.54) is 11.1 Å². The molecule has 112 valence electrons. The highest BCUT2D eigenvalue weighted by molar-refractivity contribution is 5.41. The molecule has 0 aromatic heterocycles. The fourth-order valence-corrected chi connectivity index (χ4v) is 2.42. The first-order valence-corrected chi connectivity index (χ1v) is 7.20. The average Bonchev–Trinajstić information content (AvgIpc) is 2.48. The molecule has 3 heteroatoms. The summed E-state index contributed by atoms with van der Waals surface area (Å²) >= 11 is 0. The number of hydrogen-bond acceptors (Lipinski definition) is 3. The van der Waals surface area contributed by atoms with Crippen LogP contribution in [0.3, 0.4) is 0 Å². The molecule has 3 nitrogen and oxygen atoms in total. The summed E-state index contributed by atoms with van der Waals surface area (Å²) in [5.74, 6) is 1.03. The molecule has 0 fully saturated rings. The molecular formula is C18H23NO2. The molecule has 0 radical (unpaired) electrons. The van der Waals surface area contributed by atoms with E-state index in [1.807, 2.05) is 13.0 Å². The van der Waals surface area contributed by atoms with Gasteiger partial charge in [-0.1, -0.05) is 29.8 Å². The Morgan fingerprint density at radius 1 is 1.00 bits per heavy atom. The third kappa shape index (κ3) is 3.76. The number of nitrogens with one attached hydrogen (secondary N) is 1. The number of methoxy groups -OCH3 is 1. The lowest BCUT2D eigenvalue weighted by molar-refractivity contribution is 0.405. The SMILES string of the molecule is COc1ccc(O)c(C(C)N[C@H](C)c2ccc(C)cc2)c1. The van der Waals surface area contributed by atoms with E-state index < -0.39 is 0 Å². The summed E-state index contributed by atoms with van der Waals surface area (Å²) in [7, 11) is 1.63. The van der Waals surface area contributed by atoms with Gasteiger partial charge in [0.25, 0.3) is 0 Å². The fourth-order valence-electron chi connectivity index (χ4n) is 2.42. The summed E-state index contributed by atoms with van der Waals surface area (Å²) in [4.78, 5) is 0. The summed E-state index contributed by atoms with van der Waals surface area (Å²) in [6.45, 7) is 6.25. The molecule has 0 amide bonds. The van der Waals surface area contributed by atoms with E-state index in [9.17, 15) is 5.11 Å². The minimum atomic E-state index is 0.0244. The van der Waals surface area contributed by atoms with E-state index in [2.05, 4.69) is 43.4 Å². The highest BCUT2D eigenvalue weighted by atomic mass is 16.5. The van der Waals surface area contributed by atoms with Crippen LogP contribution in [-0.4, -0.2) is 12.2 Å². The smallest absolute Gasteiger partial charge is 0.120 e. The average molecular weight is 285 g/mol. The molecule has 0 aliphatic carbocycles. The number of phenolic OH excluding ortho intramolecular Hbond substituents is 1. The first kappa shape index (κ1) is 15.4. The molecule has 0 bridgehead atoms. The predicted molar refractivity (Wildman–Crippen MR) is 85.8 cm³/mol. The minimum absolute atomic E-state index is 0.0244. The summed E-state index contributed by atoms with van der Waals surface area (Å²) < 4.78 is 5.22. The molecule has 21 heavy (non-hydrogen) atoms. The van der Waals surface area contributed by atoms with Crippen molar-refractivity contribution in [3.63, 3.8) is 0 Å². The van der Waals surface area contributed by atoms with Gasteiger partial charge in [0.15, 0.2) is 0 Å². The van der Waals surface area contributed by atoms with Crippen molar-refractivity contribution in [2.24, 2.45) is 0 Å². The maximum Gasteiger partial charge on any atom is 0.120 e. The van der Waals surface area contributed by atoms with Crippen LogP contribution >= 0.6 is 0 Å². The zero-order valence-electron chi connectivity index (χ0n) is 13.1. The van der Waals surface area contributed by atoms with Crippen LogP contribution in [0.25, 0.3) is 0 Å². The Balaban J connectivity index is 2.13. The van der Waals surface area contributed by atoms with Crippen molar-refractivity contribution in [1.82, 2.24) is 5.32 Å². The third-order valence-electron chi connectivity index (χ3n) is 3.78. The second-order valence-electron chi connectivity index (χ2n) is 5.45. The first-order chi connectivity index (χ1) is 10.0. The summed E-state index contributed by atoms with van der Waals surface area (Å²) in [5.41, 5.74) is 3.33. The topological polar surface area (TPSA) is 41.5 Å². The van der Waals surface area contributed by atoms with Crippen molar-refractivity contribution in [2.45, 2.75) is 32.9 Å². The van der Waals surface area contributed by atoms with Crippen molar-refractivity contribution < 1.29 is 9.84 Å². The van der Waals surface area contributed by atoms with E-state index in [0.717, 1.165) is 11.3 Å². The number of phenols is 1. The molecule has 2 aromatic carbocycles. The zero-order chi connectivity index (χ0) is 15.4. The molecule has 2 N–H and O–H groups in total. The van der Waals surface area contributed by atoms with Crippen LogP contribution in [-0.2, 0) is 0 Å². The number of rotatable bonds is 5. The zero-order valence-corrected chi connectivity index (χ0v) is 13.1. The number of benzene rings is 2. The second-order valence-corrected chi connectivity index (χ2v) is 5.45. The van der Waals surface area contributed by atoms with Gasteiger partial charge in [-0.05, 0) is 44.5 Å². The van der Waals surface area contributed by atoms with E-state index in [0.29, 0.717) is 0 Å². The van der Waals surface area contributed by atoms with Gasteiger partial charge in [-0.3, -0.25) is 0 Å². The van der Waals surface area contributed by atoms with Crippen LogP contribution in [0.4, 0.5) is 0 Å². The highest BCUT2D eigenvalue weighted by Gasteiger charge is 2.15. The number of hydrogen-bond donors (Lipinski definition) is 2. The molecule has 0 saturated carbocycles. The molecule has 2 atom stereocenters. The Labute approximate surface area is 126 Å². The van der Waals surface area contributed by atoms with Crippen molar-refractivity contribution in [2.75, 3.05) is 7.11 Å². The lowest BCUT2D eigenvalue weighted by atomic mass is 10.0. The van der Waals surface area contributed by atoms with E-state index in [4.69, 9.17) is 4.74 Å². The van der Waals surface area contributed by atoms with Crippen LogP contribution in [0.5, 0.6) is 11.5 Å². The molecule has 0 spiro atoms. The van der Waals surface area contributed by atoms with Gasteiger partial charge < -0.3 is 15.2 Å². The summed E-state index contributed by atoms with van der Waals surface area (Å²) in [6.07, 6.45) is 0. The molecule has 0 heterocycles. The quantitative estimate of drug-likeness (QED) is 0.868. The Kier molecular flexibility index (Phi) is 4.86. The van der Waals surface area contributed by atoms with Gasteiger partial charge in [0.05, 0.1) is 7.11 Å². The van der Waals surface area contributed by atoms with Crippen LogP contribution < -0.4 is 10.1 Å². The van der Waals surface area contributed by atoms with Gasteiger partial charge in [-0.25, -0.2) is 0 Å². The van der Waals surface area contributed by atoms with Crippen molar-refractivity contribution in [3.8, 4) is 11.5 Å². The molecule has 2 rings (SSSR count). The standard InChI is InChI=1S/C18H23NO2/c1-12-5-7-15(8-6-12)13(2)19-14(3)17-11-16(21-4)9-10-18(17)20/h5-11,13-14,19-20H,1-4H3/t13-,14?/m1/s1. The minimum Gasteiger partial charge on any atom is -0.508 e.